The number of ether oxygens (including phenoxy) is 1. The number of alkyl halides is 3. The fourth-order valence-electron chi connectivity index (χ4n) is 3.52. The van der Waals surface area contributed by atoms with Crippen LogP contribution < -0.4 is 15.8 Å². The summed E-state index contributed by atoms with van der Waals surface area (Å²) in [5, 5.41) is 2.52. The predicted octanol–water partition coefficient (Wildman–Crippen LogP) is 5.93. The number of hydrogen-bond acceptors (Lipinski definition) is 3. The molecule has 0 aliphatic heterocycles. The molecule has 0 atom stereocenters. The minimum Gasteiger partial charge on any atom is -0.484 e. The topological polar surface area (TPSA) is 81.4 Å². The number of anilines is 1. The Morgan fingerprint density at radius 3 is 1.76 bits per heavy atom. The molecule has 2 aromatic rings. The SMILES string of the molecule is CC(C)(C)CC(C)(C)c1ccc(OCC(=O)Nc2ccc(C(F)(F)F)cc2)cc1.CC(N)=O. The summed E-state index contributed by atoms with van der Waals surface area (Å²) in [6.45, 7) is 12.1. The first-order valence-electron chi connectivity index (χ1n) is 10.5. The van der Waals surface area contributed by atoms with Crippen molar-refractivity contribution in [2.45, 2.75) is 59.6 Å². The lowest BCUT2D eigenvalue weighted by Gasteiger charge is -2.33. The van der Waals surface area contributed by atoms with E-state index in [1.165, 1.54) is 24.6 Å². The van der Waals surface area contributed by atoms with Gasteiger partial charge in [0.15, 0.2) is 6.61 Å². The van der Waals surface area contributed by atoms with Gasteiger partial charge < -0.3 is 15.8 Å². The minimum absolute atomic E-state index is 0.0106. The van der Waals surface area contributed by atoms with Crippen LogP contribution in [0, 0.1) is 5.41 Å². The molecule has 0 aromatic heterocycles. The molecule has 0 saturated carbocycles. The summed E-state index contributed by atoms with van der Waals surface area (Å²) in [5.41, 5.74) is 5.40. The molecule has 0 unspecified atom stereocenters. The molecule has 2 aromatic carbocycles. The largest absolute Gasteiger partial charge is 0.484 e. The van der Waals surface area contributed by atoms with E-state index in [2.05, 4.69) is 45.7 Å². The van der Waals surface area contributed by atoms with Crippen LogP contribution in [0.2, 0.25) is 0 Å². The summed E-state index contributed by atoms with van der Waals surface area (Å²) >= 11 is 0. The van der Waals surface area contributed by atoms with E-state index in [1.807, 2.05) is 24.3 Å². The summed E-state index contributed by atoms with van der Waals surface area (Å²) in [6, 6.07) is 11.9. The van der Waals surface area contributed by atoms with Gasteiger partial charge in [0, 0.05) is 12.6 Å². The van der Waals surface area contributed by atoms with E-state index in [1.54, 1.807) is 0 Å². The Morgan fingerprint density at radius 2 is 1.33 bits per heavy atom. The number of hydrogen-bond donors (Lipinski definition) is 2. The summed E-state index contributed by atoms with van der Waals surface area (Å²) in [5.74, 6) is -0.218. The zero-order valence-electron chi connectivity index (χ0n) is 20.0. The Morgan fingerprint density at radius 1 is 0.879 bits per heavy atom. The molecule has 0 aliphatic carbocycles. The van der Waals surface area contributed by atoms with Crippen molar-refractivity contribution in [2.24, 2.45) is 11.1 Å². The van der Waals surface area contributed by atoms with E-state index in [9.17, 15) is 22.8 Å². The maximum atomic E-state index is 12.6. The molecular weight excluding hydrogens is 433 g/mol. The van der Waals surface area contributed by atoms with Crippen molar-refractivity contribution >= 4 is 17.5 Å². The average molecular weight is 467 g/mol. The molecule has 182 valence electrons. The van der Waals surface area contributed by atoms with Crippen LogP contribution in [-0.2, 0) is 21.2 Å². The highest BCUT2D eigenvalue weighted by atomic mass is 19.4. The molecule has 2 rings (SSSR count). The zero-order valence-corrected chi connectivity index (χ0v) is 20.0. The second kappa shape index (κ2) is 11.2. The second-order valence-corrected chi connectivity index (χ2v) is 9.67. The lowest BCUT2D eigenvalue weighted by atomic mass is 9.72. The third-order valence-electron chi connectivity index (χ3n) is 4.47. The maximum absolute atomic E-state index is 12.6. The molecule has 0 spiro atoms. The number of carbonyl (C=O) groups excluding carboxylic acids is 2. The average Bonchev–Trinajstić information content (AvgIpc) is 2.64. The molecule has 2 amide bonds. The highest BCUT2D eigenvalue weighted by Gasteiger charge is 2.30. The first-order chi connectivity index (χ1) is 15.0. The first kappa shape index (κ1) is 28.0. The molecule has 0 heterocycles. The van der Waals surface area contributed by atoms with Crippen LogP contribution in [0.1, 0.15) is 59.1 Å². The van der Waals surface area contributed by atoms with Crippen LogP contribution >= 0.6 is 0 Å². The monoisotopic (exact) mass is 466 g/mol. The summed E-state index contributed by atoms with van der Waals surface area (Å²) in [4.78, 5) is 21.2. The number of halogens is 3. The predicted molar refractivity (Wildman–Crippen MR) is 124 cm³/mol. The quantitative estimate of drug-likeness (QED) is 0.554. The lowest BCUT2D eigenvalue weighted by Crippen LogP contribution is -2.24. The van der Waals surface area contributed by atoms with Gasteiger partial charge in [0.05, 0.1) is 5.56 Å². The summed E-state index contributed by atoms with van der Waals surface area (Å²) in [7, 11) is 0. The van der Waals surface area contributed by atoms with Crippen molar-refractivity contribution in [1.82, 2.24) is 0 Å². The van der Waals surface area contributed by atoms with Gasteiger partial charge in [-0.1, -0.05) is 46.8 Å². The third-order valence-corrected chi connectivity index (χ3v) is 4.47. The molecule has 0 aliphatic rings. The molecule has 0 radical (unpaired) electrons. The van der Waals surface area contributed by atoms with Crippen LogP contribution in [0.3, 0.4) is 0 Å². The molecule has 8 heteroatoms. The van der Waals surface area contributed by atoms with Gasteiger partial charge in [-0.15, -0.1) is 0 Å². The molecule has 0 bridgehead atoms. The van der Waals surface area contributed by atoms with Gasteiger partial charge in [-0.3, -0.25) is 9.59 Å². The van der Waals surface area contributed by atoms with Gasteiger partial charge in [-0.2, -0.15) is 13.2 Å². The van der Waals surface area contributed by atoms with Crippen molar-refractivity contribution in [3.8, 4) is 5.75 Å². The van der Waals surface area contributed by atoms with E-state index < -0.39 is 17.6 Å². The maximum Gasteiger partial charge on any atom is 0.416 e. The normalized spacial score (nSPS) is 11.8. The third kappa shape index (κ3) is 10.9. The van der Waals surface area contributed by atoms with Gasteiger partial charge >= 0.3 is 6.18 Å². The van der Waals surface area contributed by atoms with Crippen molar-refractivity contribution in [3.05, 3.63) is 59.7 Å². The first-order valence-corrected chi connectivity index (χ1v) is 10.5. The van der Waals surface area contributed by atoms with E-state index in [0.717, 1.165) is 18.6 Å². The van der Waals surface area contributed by atoms with Crippen molar-refractivity contribution in [3.63, 3.8) is 0 Å². The van der Waals surface area contributed by atoms with Crippen molar-refractivity contribution in [1.29, 1.82) is 0 Å². The molecule has 0 fully saturated rings. The molecule has 0 saturated heterocycles. The van der Waals surface area contributed by atoms with Crippen molar-refractivity contribution in [2.75, 3.05) is 11.9 Å². The number of nitrogens with one attached hydrogen (secondary N) is 1. The van der Waals surface area contributed by atoms with Gasteiger partial charge in [0.1, 0.15) is 5.75 Å². The molecular formula is C25H33F3N2O3. The van der Waals surface area contributed by atoms with Crippen molar-refractivity contribution < 1.29 is 27.5 Å². The van der Waals surface area contributed by atoms with E-state index in [0.29, 0.717) is 5.75 Å². The van der Waals surface area contributed by atoms with Crippen LogP contribution in [0.15, 0.2) is 48.5 Å². The summed E-state index contributed by atoms with van der Waals surface area (Å²) in [6.07, 6.45) is -3.38. The number of nitrogens with two attached hydrogens (primary N) is 1. The lowest BCUT2D eigenvalue weighted by molar-refractivity contribution is -0.137. The fraction of sp³-hybridized carbons (Fsp3) is 0.440. The summed E-state index contributed by atoms with van der Waals surface area (Å²) < 4.78 is 43.2. The minimum atomic E-state index is -4.40. The number of carbonyl (C=O) groups is 2. The van der Waals surface area contributed by atoms with Crippen LogP contribution in [-0.4, -0.2) is 18.4 Å². The Kier molecular flexibility index (Phi) is 9.51. The number of amides is 2. The van der Waals surface area contributed by atoms with Gasteiger partial charge in [0.25, 0.3) is 5.91 Å². The van der Waals surface area contributed by atoms with E-state index in [-0.39, 0.29) is 29.0 Å². The standard InChI is InChI=1S/C23H28F3NO2.C2H5NO/c1-21(2,3)15-22(4,5)16-8-12-19(13-9-16)29-14-20(28)27-18-10-6-17(7-11-18)23(24,25)26;1-2(3)4/h6-13H,14-15H2,1-5H3,(H,27,28);1H3,(H2,3,4). The van der Waals surface area contributed by atoms with Gasteiger partial charge in [0.2, 0.25) is 5.91 Å². The molecule has 3 N–H and O–H groups in total. The number of rotatable bonds is 6. The highest BCUT2D eigenvalue weighted by molar-refractivity contribution is 5.91. The Labute approximate surface area is 193 Å². The van der Waals surface area contributed by atoms with Crippen LogP contribution in [0.25, 0.3) is 0 Å². The second-order valence-electron chi connectivity index (χ2n) is 9.67. The fourth-order valence-corrected chi connectivity index (χ4v) is 3.52. The van der Waals surface area contributed by atoms with Crippen LogP contribution in [0.4, 0.5) is 18.9 Å². The highest BCUT2D eigenvalue weighted by Crippen LogP contribution is 2.36. The Bertz CT molecular complexity index is 910. The number of primary amides is 1. The smallest absolute Gasteiger partial charge is 0.416 e. The molecule has 5 nitrogen and oxygen atoms in total. The van der Waals surface area contributed by atoms with E-state index in [4.69, 9.17) is 4.74 Å². The molecule has 33 heavy (non-hydrogen) atoms. The van der Waals surface area contributed by atoms with Gasteiger partial charge in [-0.05, 0) is 59.2 Å². The Hall–Kier alpha value is -3.03. The Balaban J connectivity index is 0.00000125. The number of benzene rings is 2. The van der Waals surface area contributed by atoms with Gasteiger partial charge in [-0.25, -0.2) is 0 Å². The van der Waals surface area contributed by atoms with E-state index >= 15 is 0 Å². The van der Waals surface area contributed by atoms with Crippen LogP contribution in [0.5, 0.6) is 5.75 Å². The zero-order chi connectivity index (χ0) is 25.4.